The van der Waals surface area contributed by atoms with Crippen LogP contribution < -0.4 is 4.90 Å². The summed E-state index contributed by atoms with van der Waals surface area (Å²) < 4.78 is 0. The molecule has 4 rings (SSSR count). The molecule has 6 heteroatoms. The van der Waals surface area contributed by atoms with E-state index < -0.39 is 0 Å². The van der Waals surface area contributed by atoms with Gasteiger partial charge in [-0.1, -0.05) is 0 Å². The standard InChI is InChI=1S/C18H26N4OS/c23-18(21-8-10-24-11-9-21)14-4-3-7-22(12-14)17-15-5-1-2-6-16(15)19-13-20-17/h13-14H,1-12H2. The van der Waals surface area contributed by atoms with Crippen LogP contribution in [0.4, 0.5) is 5.82 Å². The van der Waals surface area contributed by atoms with Gasteiger partial charge < -0.3 is 9.80 Å². The number of carbonyl (C=O) groups is 1. The third-order valence-electron chi connectivity index (χ3n) is 5.50. The van der Waals surface area contributed by atoms with Crippen molar-refractivity contribution in [1.82, 2.24) is 14.9 Å². The quantitative estimate of drug-likeness (QED) is 0.821. The van der Waals surface area contributed by atoms with Crippen LogP contribution in [0.15, 0.2) is 6.33 Å². The number of aromatic nitrogens is 2. The molecule has 2 fully saturated rings. The van der Waals surface area contributed by atoms with Gasteiger partial charge in [0.1, 0.15) is 12.1 Å². The molecule has 130 valence electrons. The van der Waals surface area contributed by atoms with Gasteiger partial charge in [0, 0.05) is 48.9 Å². The summed E-state index contributed by atoms with van der Waals surface area (Å²) in [6.07, 6.45) is 8.44. The Hall–Kier alpha value is -1.30. The van der Waals surface area contributed by atoms with Crippen molar-refractivity contribution in [3.63, 3.8) is 0 Å². The van der Waals surface area contributed by atoms with Gasteiger partial charge in [0.05, 0.1) is 5.92 Å². The van der Waals surface area contributed by atoms with Crippen molar-refractivity contribution in [3.05, 3.63) is 17.6 Å². The Bertz CT molecular complexity index is 603. The monoisotopic (exact) mass is 346 g/mol. The summed E-state index contributed by atoms with van der Waals surface area (Å²) in [5, 5.41) is 0. The Kier molecular flexibility index (Phi) is 4.92. The molecule has 2 aliphatic heterocycles. The highest BCUT2D eigenvalue weighted by Crippen LogP contribution is 2.30. The summed E-state index contributed by atoms with van der Waals surface area (Å²) in [5.41, 5.74) is 2.57. The minimum absolute atomic E-state index is 0.135. The minimum Gasteiger partial charge on any atom is -0.355 e. The molecule has 1 unspecified atom stereocenters. The van der Waals surface area contributed by atoms with Gasteiger partial charge in [-0.05, 0) is 38.5 Å². The van der Waals surface area contributed by atoms with E-state index in [1.54, 1.807) is 6.33 Å². The maximum absolute atomic E-state index is 12.9. The van der Waals surface area contributed by atoms with Crippen LogP contribution in [0.3, 0.4) is 0 Å². The number of anilines is 1. The van der Waals surface area contributed by atoms with Gasteiger partial charge in [0.25, 0.3) is 0 Å². The average molecular weight is 347 g/mol. The van der Waals surface area contributed by atoms with Crippen LogP contribution >= 0.6 is 11.8 Å². The van der Waals surface area contributed by atoms with E-state index in [-0.39, 0.29) is 5.92 Å². The minimum atomic E-state index is 0.135. The lowest BCUT2D eigenvalue weighted by molar-refractivity contribution is -0.135. The zero-order valence-electron chi connectivity index (χ0n) is 14.2. The van der Waals surface area contributed by atoms with E-state index in [1.165, 1.54) is 24.1 Å². The Morgan fingerprint density at radius 1 is 1.08 bits per heavy atom. The molecule has 3 aliphatic rings. The van der Waals surface area contributed by atoms with Crippen LogP contribution in [-0.4, -0.2) is 58.5 Å². The lowest BCUT2D eigenvalue weighted by Crippen LogP contribution is -2.47. The molecule has 0 N–H and O–H groups in total. The predicted octanol–water partition coefficient (Wildman–Crippen LogP) is 2.15. The van der Waals surface area contributed by atoms with Crippen LogP contribution in [0.2, 0.25) is 0 Å². The summed E-state index contributed by atoms with van der Waals surface area (Å²) in [6, 6.07) is 0. The number of nitrogens with zero attached hydrogens (tertiary/aromatic N) is 4. The highest BCUT2D eigenvalue weighted by Gasteiger charge is 2.31. The van der Waals surface area contributed by atoms with Crippen molar-refractivity contribution in [2.24, 2.45) is 5.92 Å². The first-order chi connectivity index (χ1) is 11.8. The summed E-state index contributed by atoms with van der Waals surface area (Å²) in [4.78, 5) is 26.4. The van der Waals surface area contributed by atoms with Crippen molar-refractivity contribution < 1.29 is 4.79 Å². The first kappa shape index (κ1) is 16.2. The Morgan fingerprint density at radius 2 is 1.92 bits per heavy atom. The number of amides is 1. The van der Waals surface area contributed by atoms with Crippen molar-refractivity contribution in [3.8, 4) is 0 Å². The second-order valence-corrected chi connectivity index (χ2v) is 8.28. The van der Waals surface area contributed by atoms with E-state index in [0.717, 1.165) is 69.2 Å². The van der Waals surface area contributed by atoms with Gasteiger partial charge in [0.2, 0.25) is 5.91 Å². The molecular formula is C18H26N4OS. The molecular weight excluding hydrogens is 320 g/mol. The normalized spacial score (nSPS) is 24.6. The number of hydrogen-bond acceptors (Lipinski definition) is 5. The molecule has 3 heterocycles. The number of hydrogen-bond donors (Lipinski definition) is 0. The maximum atomic E-state index is 12.9. The van der Waals surface area contributed by atoms with Crippen LogP contribution in [0.1, 0.15) is 36.9 Å². The van der Waals surface area contributed by atoms with Gasteiger partial charge in [0.15, 0.2) is 0 Å². The van der Waals surface area contributed by atoms with E-state index in [2.05, 4.69) is 19.8 Å². The number of thioether (sulfide) groups is 1. The SMILES string of the molecule is O=C(C1CCCN(c2ncnc3c2CCCC3)C1)N1CCSCC1. The van der Waals surface area contributed by atoms with Gasteiger partial charge >= 0.3 is 0 Å². The van der Waals surface area contributed by atoms with Gasteiger partial charge in [-0.3, -0.25) is 4.79 Å². The zero-order valence-corrected chi connectivity index (χ0v) is 15.1. The fourth-order valence-electron chi connectivity index (χ4n) is 4.19. The zero-order chi connectivity index (χ0) is 16.4. The highest BCUT2D eigenvalue weighted by atomic mass is 32.2. The molecule has 0 bridgehead atoms. The largest absolute Gasteiger partial charge is 0.355 e. The molecule has 24 heavy (non-hydrogen) atoms. The second kappa shape index (κ2) is 7.30. The number of fused-ring (bicyclic) bond motifs is 1. The van der Waals surface area contributed by atoms with Crippen molar-refractivity contribution in [1.29, 1.82) is 0 Å². The van der Waals surface area contributed by atoms with Crippen LogP contribution in [0.25, 0.3) is 0 Å². The summed E-state index contributed by atoms with van der Waals surface area (Å²) >= 11 is 1.95. The summed E-state index contributed by atoms with van der Waals surface area (Å²) in [6.45, 7) is 3.68. The molecule has 1 amide bonds. The van der Waals surface area contributed by atoms with Crippen LogP contribution in [0.5, 0.6) is 0 Å². The first-order valence-corrected chi connectivity index (χ1v) is 10.4. The molecule has 1 aromatic rings. The van der Waals surface area contributed by atoms with E-state index in [0.29, 0.717) is 5.91 Å². The topological polar surface area (TPSA) is 49.3 Å². The highest BCUT2D eigenvalue weighted by molar-refractivity contribution is 7.99. The molecule has 0 aromatic carbocycles. The van der Waals surface area contributed by atoms with Gasteiger partial charge in [-0.2, -0.15) is 11.8 Å². The van der Waals surface area contributed by atoms with E-state index >= 15 is 0 Å². The third-order valence-corrected chi connectivity index (χ3v) is 6.44. The fourth-order valence-corrected chi connectivity index (χ4v) is 5.09. The van der Waals surface area contributed by atoms with Crippen LogP contribution in [0, 0.1) is 5.92 Å². The maximum Gasteiger partial charge on any atom is 0.227 e. The molecule has 5 nitrogen and oxygen atoms in total. The number of carbonyl (C=O) groups excluding carboxylic acids is 1. The number of piperidine rings is 1. The van der Waals surface area contributed by atoms with E-state index in [4.69, 9.17) is 0 Å². The average Bonchev–Trinajstić information content (AvgIpc) is 2.68. The predicted molar refractivity (Wildman–Crippen MR) is 97.5 cm³/mol. The van der Waals surface area contributed by atoms with Crippen LogP contribution in [-0.2, 0) is 17.6 Å². The van der Waals surface area contributed by atoms with Gasteiger partial charge in [-0.25, -0.2) is 9.97 Å². The molecule has 0 radical (unpaired) electrons. The fraction of sp³-hybridized carbons (Fsp3) is 0.722. The lowest BCUT2D eigenvalue weighted by atomic mass is 9.93. The summed E-state index contributed by atoms with van der Waals surface area (Å²) in [7, 11) is 0. The van der Waals surface area contributed by atoms with Gasteiger partial charge in [-0.15, -0.1) is 0 Å². The van der Waals surface area contributed by atoms with E-state index in [9.17, 15) is 4.79 Å². The number of aryl methyl sites for hydroxylation is 1. The van der Waals surface area contributed by atoms with Crippen molar-refractivity contribution >= 4 is 23.5 Å². The summed E-state index contributed by atoms with van der Waals surface area (Å²) in [5.74, 6) is 3.77. The molecule has 0 saturated carbocycles. The second-order valence-electron chi connectivity index (χ2n) is 7.05. The Balaban J connectivity index is 1.50. The molecule has 1 atom stereocenters. The molecule has 0 spiro atoms. The first-order valence-electron chi connectivity index (χ1n) is 9.27. The third kappa shape index (κ3) is 3.25. The smallest absolute Gasteiger partial charge is 0.227 e. The Morgan fingerprint density at radius 3 is 2.79 bits per heavy atom. The molecule has 2 saturated heterocycles. The number of rotatable bonds is 2. The molecule has 1 aliphatic carbocycles. The van der Waals surface area contributed by atoms with Crippen molar-refractivity contribution in [2.45, 2.75) is 38.5 Å². The van der Waals surface area contributed by atoms with Crippen molar-refractivity contribution in [2.75, 3.05) is 42.6 Å². The lowest BCUT2D eigenvalue weighted by Gasteiger charge is -2.37. The Labute approximate surface area is 148 Å². The molecule has 1 aromatic heterocycles. The van der Waals surface area contributed by atoms with E-state index in [1.807, 2.05) is 11.8 Å².